The van der Waals surface area contributed by atoms with Gasteiger partial charge in [0.1, 0.15) is 17.5 Å². The molecule has 0 saturated heterocycles. The summed E-state index contributed by atoms with van der Waals surface area (Å²) in [5.74, 6) is 0.472. The van der Waals surface area contributed by atoms with Gasteiger partial charge in [-0.25, -0.2) is 28.9 Å². The van der Waals surface area contributed by atoms with Gasteiger partial charge >= 0.3 is 11.9 Å². The van der Waals surface area contributed by atoms with Crippen molar-refractivity contribution in [1.29, 1.82) is 0 Å². The molecule has 0 aliphatic rings. The van der Waals surface area contributed by atoms with Crippen molar-refractivity contribution in [3.63, 3.8) is 0 Å². The lowest BCUT2D eigenvalue weighted by molar-refractivity contribution is 0.0592. The van der Waals surface area contributed by atoms with Gasteiger partial charge in [-0.1, -0.05) is 0 Å². The van der Waals surface area contributed by atoms with E-state index in [1.54, 1.807) is 41.1 Å². The molecule has 5 aromatic heterocycles. The first-order valence-corrected chi connectivity index (χ1v) is 13.1. The van der Waals surface area contributed by atoms with Crippen LogP contribution in [-0.2, 0) is 23.6 Å². The number of azo groups is 2. The second kappa shape index (κ2) is 12.1. The number of anilines is 2. The Kier molecular flexibility index (Phi) is 8.11. The number of esters is 2. The van der Waals surface area contributed by atoms with Crippen LogP contribution in [0.25, 0.3) is 11.6 Å². The van der Waals surface area contributed by atoms with Gasteiger partial charge in [0, 0.05) is 27.2 Å². The molecule has 0 saturated carbocycles. The van der Waals surface area contributed by atoms with Crippen molar-refractivity contribution in [2.24, 2.45) is 34.6 Å². The molecule has 0 amide bonds. The van der Waals surface area contributed by atoms with E-state index in [0.29, 0.717) is 34.5 Å². The molecule has 0 aliphatic carbocycles. The summed E-state index contributed by atoms with van der Waals surface area (Å²) in [6, 6.07) is 1.62. The Morgan fingerprint density at radius 2 is 1.29 bits per heavy atom. The van der Waals surface area contributed by atoms with Crippen LogP contribution in [0.3, 0.4) is 0 Å². The Labute approximate surface area is 254 Å². The van der Waals surface area contributed by atoms with E-state index in [9.17, 15) is 9.59 Å². The topological polar surface area (TPSA) is 237 Å². The average Bonchev–Trinajstić information content (AvgIpc) is 3.77. The van der Waals surface area contributed by atoms with Crippen LogP contribution in [0.1, 0.15) is 32.1 Å². The van der Waals surface area contributed by atoms with Crippen molar-refractivity contribution in [3.05, 3.63) is 47.3 Å². The molecule has 0 atom stereocenters. The Balaban J connectivity index is 1.49. The minimum Gasteiger partial charge on any atom is -0.465 e. The summed E-state index contributed by atoms with van der Waals surface area (Å²) in [6.45, 7) is 3.45. The second-order valence-corrected chi connectivity index (χ2v) is 9.30. The summed E-state index contributed by atoms with van der Waals surface area (Å²) in [4.78, 5) is 32.9. The van der Waals surface area contributed by atoms with E-state index in [1.165, 1.54) is 51.7 Å². The summed E-state index contributed by atoms with van der Waals surface area (Å²) in [7, 11) is 7.47. The zero-order chi connectivity index (χ0) is 32.4. The van der Waals surface area contributed by atoms with Crippen LogP contribution >= 0.6 is 0 Å². The number of hydrogen-bond donors (Lipinski definition) is 2. The molecule has 0 radical (unpaired) electrons. The number of rotatable bonds is 9. The fraction of sp³-hybridized carbons (Fsp3) is 0.280. The van der Waals surface area contributed by atoms with E-state index in [-0.39, 0.29) is 34.3 Å². The largest absolute Gasteiger partial charge is 0.465 e. The molecule has 20 nitrogen and oxygen atoms in total. The molecule has 5 rings (SSSR count). The first-order chi connectivity index (χ1) is 21.6. The molecule has 0 spiro atoms. The number of nitrogens with one attached hydrogen (secondary N) is 1. The van der Waals surface area contributed by atoms with Crippen LogP contribution < -0.4 is 11.1 Å². The molecular formula is C25H28N16O4. The Hall–Kier alpha value is -6.34. The van der Waals surface area contributed by atoms with Crippen LogP contribution in [0.4, 0.5) is 34.6 Å². The van der Waals surface area contributed by atoms with Crippen LogP contribution in [0, 0.1) is 13.8 Å². The van der Waals surface area contributed by atoms with Crippen molar-refractivity contribution in [2.45, 2.75) is 13.8 Å². The lowest BCUT2D eigenvalue weighted by Gasteiger charge is -2.08. The van der Waals surface area contributed by atoms with Crippen molar-refractivity contribution >= 4 is 46.6 Å². The van der Waals surface area contributed by atoms with Gasteiger partial charge in [0.25, 0.3) is 0 Å². The zero-order valence-electron chi connectivity index (χ0n) is 25.3. The van der Waals surface area contributed by atoms with Gasteiger partial charge in [-0.15, -0.1) is 20.5 Å². The Bertz CT molecular complexity index is 1980. The molecule has 45 heavy (non-hydrogen) atoms. The van der Waals surface area contributed by atoms with Gasteiger partial charge in [0.2, 0.25) is 0 Å². The quantitative estimate of drug-likeness (QED) is 0.179. The normalized spacial score (nSPS) is 11.5. The molecule has 5 heterocycles. The first kappa shape index (κ1) is 30.1. The minimum absolute atomic E-state index is 0.139. The molecule has 0 aliphatic heterocycles. The monoisotopic (exact) mass is 616 g/mol. The van der Waals surface area contributed by atoms with Gasteiger partial charge in [-0.05, 0) is 13.8 Å². The van der Waals surface area contributed by atoms with E-state index in [1.807, 2.05) is 0 Å². The summed E-state index contributed by atoms with van der Waals surface area (Å²) in [5, 5.41) is 37.3. The highest BCUT2D eigenvalue weighted by Gasteiger charge is 2.22. The predicted molar refractivity (Wildman–Crippen MR) is 157 cm³/mol. The number of carbonyl (C=O) groups excluding carboxylic acids is 2. The second-order valence-electron chi connectivity index (χ2n) is 9.30. The number of nitrogens with zero attached hydrogens (tertiary/aromatic N) is 14. The predicted octanol–water partition coefficient (Wildman–Crippen LogP) is 2.96. The van der Waals surface area contributed by atoms with Crippen LogP contribution in [0.2, 0.25) is 0 Å². The van der Waals surface area contributed by atoms with E-state index >= 15 is 0 Å². The molecule has 20 heteroatoms. The lowest BCUT2D eigenvalue weighted by Crippen LogP contribution is -2.09. The van der Waals surface area contributed by atoms with Crippen molar-refractivity contribution in [3.8, 4) is 11.6 Å². The number of hydrogen-bond acceptors (Lipinski definition) is 16. The number of ether oxygens (including phenoxy) is 2. The number of methoxy groups -OCH3 is 2. The molecule has 0 unspecified atom stereocenters. The standard InChI is InChI=1S/C25H28N16O4/c1-12-18(32-34-21-14(24(42)44-6)9-30-38(21)4)20(26)40(36-12)16-8-17(29-11-28-16)41-23(27-3)19(13(2)37-41)33-35-22-15(25(43)45-7)10-31-39(22)5/h8-11,27H,26H2,1-7H3. The Morgan fingerprint density at radius 1 is 0.800 bits per heavy atom. The Morgan fingerprint density at radius 3 is 1.82 bits per heavy atom. The summed E-state index contributed by atoms with van der Waals surface area (Å²) in [5.41, 5.74) is 8.36. The SMILES string of the molecule is CNc1c(N=Nc2c(C(=O)OC)cnn2C)c(C)nn1-c1cc(-n2nc(C)c(N=Nc3c(C(=O)OC)cnn3C)c2N)ncn1. The zero-order valence-corrected chi connectivity index (χ0v) is 25.3. The van der Waals surface area contributed by atoms with Crippen molar-refractivity contribution < 1.29 is 19.1 Å². The van der Waals surface area contributed by atoms with Crippen molar-refractivity contribution in [2.75, 3.05) is 32.3 Å². The van der Waals surface area contributed by atoms with E-state index in [4.69, 9.17) is 15.2 Å². The maximum absolute atomic E-state index is 12.1. The fourth-order valence-electron chi connectivity index (χ4n) is 4.23. The highest BCUT2D eigenvalue weighted by molar-refractivity contribution is 5.94. The van der Waals surface area contributed by atoms with E-state index < -0.39 is 11.9 Å². The van der Waals surface area contributed by atoms with Crippen LogP contribution in [0.5, 0.6) is 0 Å². The van der Waals surface area contributed by atoms with Crippen LogP contribution in [0.15, 0.2) is 45.2 Å². The van der Waals surface area contributed by atoms with Crippen LogP contribution in [-0.4, -0.2) is 82.3 Å². The number of aromatic nitrogens is 10. The van der Waals surface area contributed by atoms with Gasteiger partial charge in [0.05, 0.1) is 38.0 Å². The molecule has 232 valence electrons. The van der Waals surface area contributed by atoms with Gasteiger partial charge in [0.15, 0.2) is 46.3 Å². The lowest BCUT2D eigenvalue weighted by atomic mass is 10.3. The average molecular weight is 617 g/mol. The van der Waals surface area contributed by atoms with E-state index in [2.05, 4.69) is 56.1 Å². The molecule has 0 bridgehead atoms. The third-order valence-electron chi connectivity index (χ3n) is 6.52. The molecule has 0 fully saturated rings. The number of nitrogens with two attached hydrogens (primary N) is 1. The summed E-state index contributed by atoms with van der Waals surface area (Å²) >= 11 is 0. The maximum atomic E-state index is 12.1. The number of aryl methyl sites for hydroxylation is 4. The van der Waals surface area contributed by atoms with Gasteiger partial charge < -0.3 is 20.5 Å². The summed E-state index contributed by atoms with van der Waals surface area (Å²) < 4.78 is 15.3. The molecular weight excluding hydrogens is 588 g/mol. The third-order valence-corrected chi connectivity index (χ3v) is 6.52. The molecule has 3 N–H and O–H groups in total. The van der Waals surface area contributed by atoms with Crippen molar-refractivity contribution in [1.82, 2.24) is 49.1 Å². The van der Waals surface area contributed by atoms with Gasteiger partial charge in [-0.3, -0.25) is 0 Å². The van der Waals surface area contributed by atoms with Gasteiger partial charge in [-0.2, -0.15) is 29.8 Å². The molecule has 0 aromatic carbocycles. The summed E-state index contributed by atoms with van der Waals surface area (Å²) in [6.07, 6.45) is 4.02. The third kappa shape index (κ3) is 5.46. The highest BCUT2D eigenvalue weighted by Crippen LogP contribution is 2.34. The fourth-order valence-corrected chi connectivity index (χ4v) is 4.23. The highest BCUT2D eigenvalue weighted by atomic mass is 16.5. The minimum atomic E-state index is -0.603. The number of nitrogen functional groups attached to an aromatic ring is 1. The number of carbonyl (C=O) groups is 2. The first-order valence-electron chi connectivity index (χ1n) is 13.1. The van der Waals surface area contributed by atoms with E-state index in [0.717, 1.165) is 0 Å². The maximum Gasteiger partial charge on any atom is 0.343 e. The smallest absolute Gasteiger partial charge is 0.343 e. The molecule has 5 aromatic rings.